The standard InChI is InChI=1S/C14H22ClN/c1-5-16-13(14(2,3)4)10-11-8-6-7-9-12(11)15/h6-9,13,16H,5,10H2,1-4H3. The topological polar surface area (TPSA) is 12.0 Å². The lowest BCUT2D eigenvalue weighted by atomic mass is 9.83. The van der Waals surface area contributed by atoms with E-state index in [4.69, 9.17) is 11.6 Å². The Bertz CT molecular complexity index is 328. The van der Waals surface area contributed by atoms with Gasteiger partial charge in [0.1, 0.15) is 0 Å². The highest BCUT2D eigenvalue weighted by molar-refractivity contribution is 6.31. The summed E-state index contributed by atoms with van der Waals surface area (Å²) < 4.78 is 0. The van der Waals surface area contributed by atoms with E-state index in [0.717, 1.165) is 18.0 Å². The Morgan fingerprint density at radius 2 is 1.88 bits per heavy atom. The number of likely N-dealkylation sites (N-methyl/N-ethyl adjacent to an activating group) is 1. The van der Waals surface area contributed by atoms with Crippen LogP contribution in [0.1, 0.15) is 33.3 Å². The SMILES string of the molecule is CCNC(Cc1ccccc1Cl)C(C)(C)C. The molecular weight excluding hydrogens is 218 g/mol. The Hall–Kier alpha value is -0.530. The molecule has 1 aromatic carbocycles. The van der Waals surface area contributed by atoms with Crippen LogP contribution in [0.4, 0.5) is 0 Å². The van der Waals surface area contributed by atoms with E-state index in [1.54, 1.807) is 0 Å². The minimum atomic E-state index is 0.245. The zero-order valence-electron chi connectivity index (χ0n) is 10.7. The molecule has 1 nitrogen and oxygen atoms in total. The second-order valence-electron chi connectivity index (χ2n) is 5.27. The van der Waals surface area contributed by atoms with E-state index in [2.05, 4.69) is 39.1 Å². The fourth-order valence-electron chi connectivity index (χ4n) is 1.81. The molecule has 0 aromatic heterocycles. The zero-order chi connectivity index (χ0) is 12.2. The van der Waals surface area contributed by atoms with Crippen LogP contribution in [0.15, 0.2) is 24.3 Å². The van der Waals surface area contributed by atoms with Crippen molar-refractivity contribution in [2.45, 2.75) is 40.2 Å². The number of nitrogens with one attached hydrogen (secondary N) is 1. The molecule has 0 bridgehead atoms. The monoisotopic (exact) mass is 239 g/mol. The lowest BCUT2D eigenvalue weighted by Crippen LogP contribution is -2.41. The fraction of sp³-hybridized carbons (Fsp3) is 0.571. The van der Waals surface area contributed by atoms with Crippen molar-refractivity contribution < 1.29 is 0 Å². The van der Waals surface area contributed by atoms with Gasteiger partial charge in [0.05, 0.1) is 0 Å². The molecule has 90 valence electrons. The summed E-state index contributed by atoms with van der Waals surface area (Å²) in [4.78, 5) is 0. The van der Waals surface area contributed by atoms with Gasteiger partial charge in [-0.2, -0.15) is 0 Å². The average Bonchev–Trinajstić information content (AvgIpc) is 2.19. The highest BCUT2D eigenvalue weighted by Gasteiger charge is 2.24. The van der Waals surface area contributed by atoms with Crippen LogP contribution in [-0.4, -0.2) is 12.6 Å². The lowest BCUT2D eigenvalue weighted by molar-refractivity contribution is 0.270. The lowest BCUT2D eigenvalue weighted by Gasteiger charge is -2.31. The van der Waals surface area contributed by atoms with Crippen molar-refractivity contribution in [3.8, 4) is 0 Å². The highest BCUT2D eigenvalue weighted by Crippen LogP contribution is 2.25. The molecule has 0 radical (unpaired) electrons. The van der Waals surface area contributed by atoms with Crippen molar-refractivity contribution in [2.24, 2.45) is 5.41 Å². The van der Waals surface area contributed by atoms with Crippen molar-refractivity contribution >= 4 is 11.6 Å². The van der Waals surface area contributed by atoms with E-state index in [0.29, 0.717) is 6.04 Å². The van der Waals surface area contributed by atoms with Gasteiger partial charge >= 0.3 is 0 Å². The van der Waals surface area contributed by atoms with Gasteiger partial charge in [0, 0.05) is 11.1 Å². The fourth-order valence-corrected chi connectivity index (χ4v) is 2.03. The van der Waals surface area contributed by atoms with Crippen LogP contribution in [0.5, 0.6) is 0 Å². The van der Waals surface area contributed by atoms with Crippen molar-refractivity contribution in [3.05, 3.63) is 34.9 Å². The number of halogens is 1. The van der Waals surface area contributed by atoms with Crippen LogP contribution < -0.4 is 5.32 Å². The Balaban J connectivity index is 2.80. The predicted molar refractivity (Wildman–Crippen MR) is 72.1 cm³/mol. The molecule has 0 amide bonds. The molecule has 0 heterocycles. The van der Waals surface area contributed by atoms with Crippen LogP contribution in [0.3, 0.4) is 0 Å². The minimum absolute atomic E-state index is 0.245. The number of hydrogen-bond donors (Lipinski definition) is 1. The van der Waals surface area contributed by atoms with E-state index >= 15 is 0 Å². The maximum Gasteiger partial charge on any atom is 0.0438 e. The number of rotatable bonds is 4. The van der Waals surface area contributed by atoms with E-state index < -0.39 is 0 Å². The molecule has 0 spiro atoms. The van der Waals surface area contributed by atoms with E-state index in [9.17, 15) is 0 Å². The Morgan fingerprint density at radius 1 is 1.25 bits per heavy atom. The van der Waals surface area contributed by atoms with E-state index in [-0.39, 0.29) is 5.41 Å². The van der Waals surface area contributed by atoms with Gasteiger partial charge in [-0.15, -0.1) is 0 Å². The number of benzene rings is 1. The summed E-state index contributed by atoms with van der Waals surface area (Å²) in [5.41, 5.74) is 1.47. The molecule has 0 saturated carbocycles. The Labute approximate surface area is 104 Å². The van der Waals surface area contributed by atoms with Crippen LogP contribution in [0.25, 0.3) is 0 Å². The molecule has 1 N–H and O–H groups in total. The van der Waals surface area contributed by atoms with Crippen molar-refractivity contribution in [1.82, 2.24) is 5.32 Å². The molecule has 1 rings (SSSR count). The van der Waals surface area contributed by atoms with Crippen molar-refractivity contribution in [3.63, 3.8) is 0 Å². The average molecular weight is 240 g/mol. The first-order chi connectivity index (χ1) is 7.45. The first-order valence-corrected chi connectivity index (χ1v) is 6.29. The Kier molecular flexibility index (Phi) is 4.82. The van der Waals surface area contributed by atoms with Gasteiger partial charge in [0.25, 0.3) is 0 Å². The molecule has 1 unspecified atom stereocenters. The molecular formula is C14H22ClN. The van der Waals surface area contributed by atoms with E-state index in [1.807, 2.05) is 18.2 Å². The normalized spacial score (nSPS) is 13.8. The van der Waals surface area contributed by atoms with Gasteiger partial charge in [-0.25, -0.2) is 0 Å². The first-order valence-electron chi connectivity index (χ1n) is 5.92. The van der Waals surface area contributed by atoms with E-state index in [1.165, 1.54) is 5.56 Å². The quantitative estimate of drug-likeness (QED) is 0.840. The molecule has 2 heteroatoms. The summed E-state index contributed by atoms with van der Waals surface area (Å²) in [7, 11) is 0. The maximum atomic E-state index is 6.19. The van der Waals surface area contributed by atoms with Crippen LogP contribution in [0.2, 0.25) is 5.02 Å². The minimum Gasteiger partial charge on any atom is -0.313 e. The predicted octanol–water partition coefficient (Wildman–Crippen LogP) is 3.91. The summed E-state index contributed by atoms with van der Waals surface area (Å²) in [5.74, 6) is 0. The molecule has 0 aliphatic carbocycles. The third-order valence-corrected chi connectivity index (χ3v) is 3.25. The van der Waals surface area contributed by atoms with Gasteiger partial charge in [-0.3, -0.25) is 0 Å². The third-order valence-electron chi connectivity index (χ3n) is 2.88. The summed E-state index contributed by atoms with van der Waals surface area (Å²) >= 11 is 6.19. The molecule has 0 aliphatic rings. The van der Waals surface area contributed by atoms with Crippen LogP contribution in [0, 0.1) is 5.41 Å². The zero-order valence-corrected chi connectivity index (χ0v) is 11.4. The maximum absolute atomic E-state index is 6.19. The highest BCUT2D eigenvalue weighted by atomic mass is 35.5. The molecule has 0 saturated heterocycles. The Morgan fingerprint density at radius 3 is 2.38 bits per heavy atom. The largest absolute Gasteiger partial charge is 0.313 e. The molecule has 16 heavy (non-hydrogen) atoms. The van der Waals surface area contributed by atoms with Gasteiger partial charge in [0.2, 0.25) is 0 Å². The molecule has 0 fully saturated rings. The summed E-state index contributed by atoms with van der Waals surface area (Å²) in [5, 5.41) is 4.41. The van der Waals surface area contributed by atoms with Gasteiger partial charge in [-0.05, 0) is 30.0 Å². The summed E-state index contributed by atoms with van der Waals surface area (Å²) in [6.45, 7) is 9.92. The van der Waals surface area contributed by atoms with Gasteiger partial charge in [-0.1, -0.05) is 57.5 Å². The van der Waals surface area contributed by atoms with Crippen LogP contribution >= 0.6 is 11.6 Å². The first kappa shape index (κ1) is 13.5. The number of hydrogen-bond acceptors (Lipinski definition) is 1. The van der Waals surface area contributed by atoms with Crippen molar-refractivity contribution in [2.75, 3.05) is 6.54 Å². The van der Waals surface area contributed by atoms with Gasteiger partial charge < -0.3 is 5.32 Å². The second-order valence-corrected chi connectivity index (χ2v) is 5.68. The second kappa shape index (κ2) is 5.70. The summed E-state index contributed by atoms with van der Waals surface area (Å²) in [6, 6.07) is 8.55. The third kappa shape index (κ3) is 3.80. The smallest absolute Gasteiger partial charge is 0.0438 e. The molecule has 1 atom stereocenters. The summed E-state index contributed by atoms with van der Waals surface area (Å²) in [6.07, 6.45) is 0.983. The van der Waals surface area contributed by atoms with Gasteiger partial charge in [0.15, 0.2) is 0 Å². The van der Waals surface area contributed by atoms with Crippen molar-refractivity contribution in [1.29, 1.82) is 0 Å². The molecule has 1 aromatic rings. The molecule has 0 aliphatic heterocycles. The van der Waals surface area contributed by atoms with Crippen LogP contribution in [-0.2, 0) is 6.42 Å².